The lowest BCUT2D eigenvalue weighted by Gasteiger charge is -2.39. The first-order chi connectivity index (χ1) is 9.43. The highest BCUT2D eigenvalue weighted by atomic mass is 15.1. The molecule has 0 spiro atoms. The first-order valence-corrected chi connectivity index (χ1v) is 7.12. The molecule has 1 atom stereocenters. The quantitative estimate of drug-likeness (QED) is 0.771. The summed E-state index contributed by atoms with van der Waals surface area (Å²) in [6, 6.07) is 13.9. The number of pyridine rings is 1. The van der Waals surface area contributed by atoms with Gasteiger partial charge in [0.2, 0.25) is 0 Å². The Hall–Kier alpha value is -1.83. The van der Waals surface area contributed by atoms with Crippen LogP contribution in [-0.4, -0.2) is 18.1 Å². The molecule has 1 unspecified atom stereocenters. The van der Waals surface area contributed by atoms with Gasteiger partial charge < -0.3 is 4.90 Å². The lowest BCUT2D eigenvalue weighted by Crippen LogP contribution is -2.36. The minimum absolute atomic E-state index is 0.446. The van der Waals surface area contributed by atoms with Crippen molar-refractivity contribution in [3.05, 3.63) is 59.4 Å². The van der Waals surface area contributed by atoms with Crippen LogP contribution in [0, 0.1) is 6.07 Å². The van der Waals surface area contributed by atoms with Crippen molar-refractivity contribution < 1.29 is 0 Å². The molecule has 2 aromatic rings. The first-order valence-electron chi connectivity index (χ1n) is 7.12. The molecule has 0 bridgehead atoms. The van der Waals surface area contributed by atoms with Gasteiger partial charge in [0.05, 0.1) is 0 Å². The number of aromatic nitrogens is 1. The van der Waals surface area contributed by atoms with Gasteiger partial charge in [0, 0.05) is 36.6 Å². The predicted octanol–water partition coefficient (Wildman–Crippen LogP) is 3.17. The van der Waals surface area contributed by atoms with Gasteiger partial charge in [-0.2, -0.15) is 0 Å². The fraction of sp³-hybridized carbons (Fsp3) is 0.353. The fourth-order valence-electron chi connectivity index (χ4n) is 3.52. The minimum Gasteiger partial charge on any atom is -0.371 e. The Labute approximate surface area is 114 Å². The SMILES string of the molecule is [c]1cc2c3c(c1)C(c1ccccn1)CCN3CCC2. The molecule has 0 saturated carbocycles. The highest BCUT2D eigenvalue weighted by Gasteiger charge is 2.30. The van der Waals surface area contributed by atoms with Crippen molar-refractivity contribution in [3.63, 3.8) is 0 Å². The monoisotopic (exact) mass is 249 g/mol. The lowest BCUT2D eigenvalue weighted by atomic mass is 9.83. The summed E-state index contributed by atoms with van der Waals surface area (Å²) < 4.78 is 0. The van der Waals surface area contributed by atoms with Crippen LogP contribution in [-0.2, 0) is 6.42 Å². The van der Waals surface area contributed by atoms with Crippen molar-refractivity contribution >= 4 is 5.69 Å². The van der Waals surface area contributed by atoms with E-state index in [2.05, 4.69) is 40.2 Å². The van der Waals surface area contributed by atoms with Gasteiger partial charge in [-0.25, -0.2) is 0 Å². The zero-order valence-electron chi connectivity index (χ0n) is 11.0. The van der Waals surface area contributed by atoms with E-state index in [1.165, 1.54) is 48.3 Å². The molecule has 2 nitrogen and oxygen atoms in total. The number of hydrogen-bond donors (Lipinski definition) is 0. The number of hydrogen-bond acceptors (Lipinski definition) is 2. The van der Waals surface area contributed by atoms with E-state index in [1.54, 1.807) is 0 Å². The standard InChI is InChI=1S/C17H17N2/c1-2-10-18-16(8-1)14-9-12-19-11-4-6-13-5-3-7-15(14)17(13)19/h1-2,5,7-8,10,14H,4,6,9,11-12H2. The van der Waals surface area contributed by atoms with Gasteiger partial charge in [-0.05, 0) is 60.7 Å². The van der Waals surface area contributed by atoms with E-state index in [0.29, 0.717) is 5.92 Å². The Morgan fingerprint density at radius 3 is 3.11 bits per heavy atom. The van der Waals surface area contributed by atoms with Gasteiger partial charge in [-0.15, -0.1) is 0 Å². The van der Waals surface area contributed by atoms with Crippen molar-refractivity contribution in [1.82, 2.24) is 4.98 Å². The molecule has 95 valence electrons. The number of anilines is 1. The molecule has 3 heterocycles. The van der Waals surface area contributed by atoms with E-state index < -0.39 is 0 Å². The van der Waals surface area contributed by atoms with Crippen molar-refractivity contribution in [1.29, 1.82) is 0 Å². The molecule has 19 heavy (non-hydrogen) atoms. The third-order valence-corrected chi connectivity index (χ3v) is 4.37. The van der Waals surface area contributed by atoms with Gasteiger partial charge in [-0.1, -0.05) is 6.07 Å². The second-order valence-corrected chi connectivity index (χ2v) is 5.47. The van der Waals surface area contributed by atoms with E-state index in [9.17, 15) is 0 Å². The molecule has 1 aromatic heterocycles. The third kappa shape index (κ3) is 1.74. The molecule has 2 aliphatic rings. The predicted molar refractivity (Wildman–Crippen MR) is 76.5 cm³/mol. The minimum atomic E-state index is 0.446. The largest absolute Gasteiger partial charge is 0.371 e. The Morgan fingerprint density at radius 2 is 2.21 bits per heavy atom. The molecule has 0 saturated heterocycles. The summed E-state index contributed by atoms with van der Waals surface area (Å²) >= 11 is 0. The van der Waals surface area contributed by atoms with Crippen LogP contribution in [0.4, 0.5) is 5.69 Å². The molecular weight excluding hydrogens is 232 g/mol. The molecule has 0 fully saturated rings. The molecule has 1 radical (unpaired) electrons. The molecular formula is C17H17N2. The Bertz CT molecular complexity index is 591. The second kappa shape index (κ2) is 4.37. The van der Waals surface area contributed by atoms with E-state index in [-0.39, 0.29) is 0 Å². The fourth-order valence-corrected chi connectivity index (χ4v) is 3.52. The van der Waals surface area contributed by atoms with Crippen LogP contribution < -0.4 is 4.90 Å². The molecule has 0 amide bonds. The molecule has 1 aromatic carbocycles. The zero-order valence-corrected chi connectivity index (χ0v) is 11.0. The third-order valence-electron chi connectivity index (χ3n) is 4.37. The van der Waals surface area contributed by atoms with Crippen LogP contribution in [0.25, 0.3) is 0 Å². The smallest absolute Gasteiger partial charge is 0.0479 e. The van der Waals surface area contributed by atoms with E-state index in [1.807, 2.05) is 12.3 Å². The molecule has 0 aliphatic carbocycles. The van der Waals surface area contributed by atoms with Crippen LogP contribution in [0.15, 0.2) is 36.5 Å². The maximum Gasteiger partial charge on any atom is 0.0479 e. The number of nitrogens with zero attached hydrogens (tertiary/aromatic N) is 2. The molecule has 2 aliphatic heterocycles. The maximum absolute atomic E-state index is 4.57. The van der Waals surface area contributed by atoms with E-state index >= 15 is 0 Å². The van der Waals surface area contributed by atoms with E-state index in [4.69, 9.17) is 0 Å². The summed E-state index contributed by atoms with van der Waals surface area (Å²) in [7, 11) is 0. The average molecular weight is 249 g/mol. The van der Waals surface area contributed by atoms with Crippen molar-refractivity contribution in [3.8, 4) is 0 Å². The van der Waals surface area contributed by atoms with Gasteiger partial charge in [0.1, 0.15) is 0 Å². The highest BCUT2D eigenvalue weighted by Crippen LogP contribution is 2.42. The summed E-state index contributed by atoms with van der Waals surface area (Å²) in [6.07, 6.45) is 5.55. The van der Waals surface area contributed by atoms with Gasteiger partial charge in [0.25, 0.3) is 0 Å². The maximum atomic E-state index is 4.57. The van der Waals surface area contributed by atoms with Gasteiger partial charge >= 0.3 is 0 Å². The van der Waals surface area contributed by atoms with Crippen molar-refractivity contribution in [2.24, 2.45) is 0 Å². The van der Waals surface area contributed by atoms with Crippen molar-refractivity contribution in [2.75, 3.05) is 18.0 Å². The Morgan fingerprint density at radius 1 is 1.21 bits per heavy atom. The lowest BCUT2D eigenvalue weighted by molar-refractivity contribution is 0.589. The van der Waals surface area contributed by atoms with Gasteiger partial charge in [0.15, 0.2) is 0 Å². The topological polar surface area (TPSA) is 16.1 Å². The summed E-state index contributed by atoms with van der Waals surface area (Å²) in [6.45, 7) is 2.37. The van der Waals surface area contributed by atoms with Crippen LogP contribution in [0.2, 0.25) is 0 Å². The molecule has 4 rings (SSSR count). The van der Waals surface area contributed by atoms with Crippen LogP contribution in [0.3, 0.4) is 0 Å². The second-order valence-electron chi connectivity index (χ2n) is 5.47. The molecule has 0 N–H and O–H groups in total. The van der Waals surface area contributed by atoms with Crippen LogP contribution in [0.5, 0.6) is 0 Å². The molecule has 2 heteroatoms. The summed E-state index contributed by atoms with van der Waals surface area (Å²) in [5, 5.41) is 0. The zero-order chi connectivity index (χ0) is 12.7. The Balaban J connectivity index is 1.85. The summed E-state index contributed by atoms with van der Waals surface area (Å²) in [5.41, 5.74) is 5.59. The number of rotatable bonds is 1. The van der Waals surface area contributed by atoms with Crippen LogP contribution in [0.1, 0.15) is 35.6 Å². The number of benzene rings is 1. The summed E-state index contributed by atoms with van der Waals surface area (Å²) in [4.78, 5) is 7.12. The highest BCUT2D eigenvalue weighted by molar-refractivity contribution is 5.65. The van der Waals surface area contributed by atoms with Crippen LogP contribution >= 0.6 is 0 Å². The average Bonchev–Trinajstić information content (AvgIpc) is 2.49. The Kier molecular flexibility index (Phi) is 2.54. The first kappa shape index (κ1) is 11.0. The van der Waals surface area contributed by atoms with Crippen molar-refractivity contribution in [2.45, 2.75) is 25.2 Å². The van der Waals surface area contributed by atoms with E-state index in [0.717, 1.165) is 6.54 Å². The van der Waals surface area contributed by atoms with Gasteiger partial charge in [-0.3, -0.25) is 4.98 Å². The summed E-state index contributed by atoms with van der Waals surface area (Å²) in [5.74, 6) is 0.446. The number of aryl methyl sites for hydroxylation is 1. The normalized spacial score (nSPS) is 21.1.